The van der Waals surface area contributed by atoms with Crippen LogP contribution in [0.5, 0.6) is 0 Å². The van der Waals surface area contributed by atoms with Crippen LogP contribution in [0.2, 0.25) is 0 Å². The van der Waals surface area contributed by atoms with Crippen molar-refractivity contribution in [3.8, 4) is 0 Å². The van der Waals surface area contributed by atoms with Crippen LogP contribution in [0, 0.1) is 11.2 Å². The molecule has 1 aliphatic carbocycles. The van der Waals surface area contributed by atoms with Crippen LogP contribution in [-0.4, -0.2) is 33.7 Å². The van der Waals surface area contributed by atoms with E-state index in [1.54, 1.807) is 0 Å². The zero-order valence-corrected chi connectivity index (χ0v) is 18.4. The number of nitrogens with one attached hydrogen (secondary N) is 2. The molecule has 2 aromatic rings. The van der Waals surface area contributed by atoms with Crippen molar-refractivity contribution in [2.24, 2.45) is 10.4 Å². The molecule has 0 spiro atoms. The summed E-state index contributed by atoms with van der Waals surface area (Å²) in [5.41, 5.74) is 2.76. The topological polar surface area (TPSA) is 70.6 Å². The second-order valence-corrected chi connectivity index (χ2v) is 10.3. The number of hydrogen-bond donors (Lipinski definition) is 2. The van der Waals surface area contributed by atoms with E-state index in [-0.39, 0.29) is 17.7 Å². The maximum Gasteiger partial charge on any atom is 0.191 e. The minimum atomic E-state index is -3.21. The Balaban J connectivity index is 1.67. The van der Waals surface area contributed by atoms with Crippen molar-refractivity contribution in [1.29, 1.82) is 0 Å². The molecule has 162 valence electrons. The summed E-state index contributed by atoms with van der Waals surface area (Å²) in [5.74, 6) is 0.143. The van der Waals surface area contributed by atoms with Gasteiger partial charge in [-0.2, -0.15) is 0 Å². The summed E-state index contributed by atoms with van der Waals surface area (Å²) in [6.45, 7) is 3.72. The molecule has 7 heteroatoms. The van der Waals surface area contributed by atoms with Crippen LogP contribution in [0.1, 0.15) is 36.5 Å². The fraction of sp³-hybridized carbons (Fsp3) is 0.435. The van der Waals surface area contributed by atoms with Gasteiger partial charge in [-0.05, 0) is 60.4 Å². The molecule has 30 heavy (non-hydrogen) atoms. The highest BCUT2D eigenvalue weighted by molar-refractivity contribution is 7.89. The first kappa shape index (κ1) is 22.3. The molecule has 1 saturated carbocycles. The summed E-state index contributed by atoms with van der Waals surface area (Å²) < 4.78 is 37.1. The van der Waals surface area contributed by atoms with Gasteiger partial charge in [0.25, 0.3) is 0 Å². The van der Waals surface area contributed by atoms with E-state index in [2.05, 4.69) is 39.9 Å². The molecule has 0 saturated heterocycles. The van der Waals surface area contributed by atoms with Crippen molar-refractivity contribution in [1.82, 2.24) is 10.6 Å². The first-order valence-electron chi connectivity index (χ1n) is 10.3. The third kappa shape index (κ3) is 6.83. The molecule has 0 atom stereocenters. The minimum Gasteiger partial charge on any atom is -0.357 e. The summed E-state index contributed by atoms with van der Waals surface area (Å²) in [5, 5.41) is 6.65. The Hall–Kier alpha value is -2.41. The molecule has 1 fully saturated rings. The molecule has 5 nitrogen and oxygen atoms in total. The van der Waals surface area contributed by atoms with E-state index in [1.807, 2.05) is 13.0 Å². The van der Waals surface area contributed by atoms with Gasteiger partial charge in [0.2, 0.25) is 0 Å². The Labute approximate surface area is 178 Å². The SMILES string of the molecule is CCNC(=NCc1cc(F)ccc1CS(C)(=O)=O)NCC1(Cc2ccccc2)CC1. The van der Waals surface area contributed by atoms with Crippen molar-refractivity contribution in [3.63, 3.8) is 0 Å². The summed E-state index contributed by atoms with van der Waals surface area (Å²) in [7, 11) is -3.21. The zero-order chi connectivity index (χ0) is 21.6. The van der Waals surface area contributed by atoms with E-state index in [0.29, 0.717) is 23.6 Å². The lowest BCUT2D eigenvalue weighted by Crippen LogP contribution is -2.40. The van der Waals surface area contributed by atoms with Crippen LogP contribution in [0.15, 0.2) is 53.5 Å². The van der Waals surface area contributed by atoms with Gasteiger partial charge in [-0.1, -0.05) is 36.4 Å². The van der Waals surface area contributed by atoms with Gasteiger partial charge in [0.1, 0.15) is 5.82 Å². The average molecular weight is 432 g/mol. The number of hydrogen-bond acceptors (Lipinski definition) is 3. The van der Waals surface area contributed by atoms with Crippen molar-refractivity contribution in [2.45, 2.75) is 38.5 Å². The summed E-state index contributed by atoms with van der Waals surface area (Å²) >= 11 is 0. The van der Waals surface area contributed by atoms with Crippen LogP contribution in [-0.2, 0) is 28.6 Å². The first-order valence-corrected chi connectivity index (χ1v) is 12.4. The fourth-order valence-electron chi connectivity index (χ4n) is 3.56. The Kier molecular flexibility index (Phi) is 7.13. The van der Waals surface area contributed by atoms with Gasteiger partial charge in [-0.3, -0.25) is 0 Å². The van der Waals surface area contributed by atoms with E-state index >= 15 is 0 Å². The fourth-order valence-corrected chi connectivity index (χ4v) is 4.41. The van der Waals surface area contributed by atoms with Crippen LogP contribution in [0.3, 0.4) is 0 Å². The van der Waals surface area contributed by atoms with Crippen LogP contribution >= 0.6 is 0 Å². The van der Waals surface area contributed by atoms with Gasteiger partial charge >= 0.3 is 0 Å². The molecule has 0 amide bonds. The standard InChI is InChI=1S/C23H30FN3O2S/c1-3-25-22(27-17-23(11-12-23)14-18-7-5-4-6-8-18)26-15-20-13-21(24)10-9-19(20)16-30(2,28)29/h4-10,13H,3,11-12,14-17H2,1-2H3,(H2,25,26,27). The van der Waals surface area contributed by atoms with Crippen molar-refractivity contribution < 1.29 is 12.8 Å². The minimum absolute atomic E-state index is 0.123. The number of rotatable bonds is 9. The predicted octanol–water partition coefficient (Wildman–Crippen LogP) is 3.45. The van der Waals surface area contributed by atoms with E-state index < -0.39 is 15.7 Å². The predicted molar refractivity (Wildman–Crippen MR) is 120 cm³/mol. The van der Waals surface area contributed by atoms with Gasteiger partial charge in [-0.15, -0.1) is 0 Å². The number of guanidine groups is 1. The number of halogens is 1. The lowest BCUT2D eigenvalue weighted by Gasteiger charge is -2.19. The maximum absolute atomic E-state index is 13.7. The highest BCUT2D eigenvalue weighted by atomic mass is 32.2. The third-order valence-corrected chi connectivity index (χ3v) is 6.18. The molecule has 0 aromatic heterocycles. The third-order valence-electron chi connectivity index (χ3n) is 5.35. The van der Waals surface area contributed by atoms with E-state index in [9.17, 15) is 12.8 Å². The van der Waals surface area contributed by atoms with Crippen molar-refractivity contribution >= 4 is 15.8 Å². The van der Waals surface area contributed by atoms with E-state index in [1.165, 1.54) is 42.9 Å². The smallest absolute Gasteiger partial charge is 0.191 e. The summed E-state index contributed by atoms with van der Waals surface area (Å²) in [6, 6.07) is 14.7. The second kappa shape index (κ2) is 9.60. The first-order chi connectivity index (χ1) is 14.3. The molecule has 0 unspecified atom stereocenters. The summed E-state index contributed by atoms with van der Waals surface area (Å²) in [4.78, 5) is 4.59. The quantitative estimate of drug-likeness (QED) is 0.471. The second-order valence-electron chi connectivity index (χ2n) is 8.19. The number of benzene rings is 2. The molecular weight excluding hydrogens is 401 g/mol. The molecule has 3 rings (SSSR count). The van der Waals surface area contributed by atoms with Gasteiger partial charge in [-0.25, -0.2) is 17.8 Å². The Bertz CT molecular complexity index is 987. The molecule has 0 aliphatic heterocycles. The maximum atomic E-state index is 13.7. The Morgan fingerprint density at radius 2 is 1.83 bits per heavy atom. The average Bonchev–Trinajstić information content (AvgIpc) is 3.45. The number of aliphatic imine (C=N–C) groups is 1. The number of sulfone groups is 1. The van der Waals surface area contributed by atoms with Gasteiger partial charge in [0.05, 0.1) is 12.3 Å². The van der Waals surface area contributed by atoms with Gasteiger partial charge in [0.15, 0.2) is 15.8 Å². The van der Waals surface area contributed by atoms with E-state index in [4.69, 9.17) is 0 Å². The zero-order valence-electron chi connectivity index (χ0n) is 17.6. The Morgan fingerprint density at radius 3 is 2.47 bits per heavy atom. The monoisotopic (exact) mass is 431 g/mol. The molecule has 2 aromatic carbocycles. The van der Waals surface area contributed by atoms with Gasteiger partial charge < -0.3 is 10.6 Å². The van der Waals surface area contributed by atoms with Crippen molar-refractivity contribution in [3.05, 3.63) is 71.0 Å². The van der Waals surface area contributed by atoms with E-state index in [0.717, 1.165) is 13.0 Å². The summed E-state index contributed by atoms with van der Waals surface area (Å²) in [6.07, 6.45) is 4.56. The molecule has 0 bridgehead atoms. The van der Waals surface area contributed by atoms with Crippen molar-refractivity contribution in [2.75, 3.05) is 19.3 Å². The van der Waals surface area contributed by atoms with Gasteiger partial charge in [0, 0.05) is 19.3 Å². The molecular formula is C23H30FN3O2S. The largest absolute Gasteiger partial charge is 0.357 e. The highest BCUT2D eigenvalue weighted by Gasteiger charge is 2.42. The van der Waals surface area contributed by atoms with Crippen LogP contribution < -0.4 is 10.6 Å². The molecule has 0 heterocycles. The lowest BCUT2D eigenvalue weighted by atomic mass is 9.96. The highest BCUT2D eigenvalue weighted by Crippen LogP contribution is 2.47. The van der Waals surface area contributed by atoms with Crippen LogP contribution in [0.4, 0.5) is 4.39 Å². The molecule has 0 radical (unpaired) electrons. The molecule has 1 aliphatic rings. The lowest BCUT2D eigenvalue weighted by molar-refractivity contribution is 0.492. The number of nitrogens with zero attached hydrogens (tertiary/aromatic N) is 1. The normalized spacial score (nSPS) is 15.6. The Morgan fingerprint density at radius 1 is 1.10 bits per heavy atom. The van der Waals surface area contributed by atoms with Crippen LogP contribution in [0.25, 0.3) is 0 Å². The molecule has 2 N–H and O–H groups in total.